The minimum atomic E-state index is 0.982. The van der Waals surface area contributed by atoms with Gasteiger partial charge in [-0.05, 0) is 20.0 Å². The summed E-state index contributed by atoms with van der Waals surface area (Å²) in [5, 5.41) is 7.72. The summed E-state index contributed by atoms with van der Waals surface area (Å²) in [6, 6.07) is 0. The molecule has 0 rings (SSSR count). The van der Waals surface area contributed by atoms with Crippen molar-refractivity contribution in [3.8, 4) is 0 Å². The Morgan fingerprint density at radius 1 is 1.07 bits per heavy atom. The predicted octanol–water partition coefficient (Wildman–Crippen LogP) is 0.679. The standard InChI is InChI=1S/C10H26N4/c1-5-12-14(10-8-9-11-4)13(6-2)7-3/h11-12H,5-10H2,1-4H3. The van der Waals surface area contributed by atoms with Gasteiger partial charge in [-0.15, -0.1) is 0 Å². The van der Waals surface area contributed by atoms with Crippen molar-refractivity contribution in [2.24, 2.45) is 0 Å². The molecule has 0 fully saturated rings. The molecular weight excluding hydrogens is 176 g/mol. The van der Waals surface area contributed by atoms with Crippen LogP contribution in [0, 0.1) is 0 Å². The second-order valence-electron chi connectivity index (χ2n) is 3.23. The van der Waals surface area contributed by atoms with Gasteiger partial charge in [0.25, 0.3) is 0 Å². The Morgan fingerprint density at radius 2 is 1.71 bits per heavy atom. The zero-order valence-electron chi connectivity index (χ0n) is 10.1. The maximum atomic E-state index is 3.37. The molecule has 0 heterocycles. The molecule has 0 bridgehead atoms. The molecule has 86 valence electrons. The first kappa shape index (κ1) is 13.8. The molecule has 0 saturated heterocycles. The van der Waals surface area contributed by atoms with E-state index in [-0.39, 0.29) is 0 Å². The Hall–Kier alpha value is -0.160. The van der Waals surface area contributed by atoms with Crippen LogP contribution in [0.25, 0.3) is 0 Å². The molecule has 0 aromatic rings. The first-order valence-corrected chi connectivity index (χ1v) is 5.70. The molecule has 2 N–H and O–H groups in total. The second-order valence-corrected chi connectivity index (χ2v) is 3.23. The van der Waals surface area contributed by atoms with Gasteiger partial charge in [-0.25, -0.2) is 10.4 Å². The zero-order chi connectivity index (χ0) is 10.8. The lowest BCUT2D eigenvalue weighted by atomic mass is 10.4. The van der Waals surface area contributed by atoms with E-state index in [4.69, 9.17) is 0 Å². The third-order valence-electron chi connectivity index (χ3n) is 2.21. The van der Waals surface area contributed by atoms with E-state index >= 15 is 0 Å². The molecule has 0 spiro atoms. The van der Waals surface area contributed by atoms with Gasteiger partial charge in [-0.2, -0.15) is 5.12 Å². The Kier molecular flexibility index (Phi) is 9.29. The molecule has 0 aromatic heterocycles. The molecule has 4 heteroatoms. The van der Waals surface area contributed by atoms with E-state index in [9.17, 15) is 0 Å². The van der Waals surface area contributed by atoms with Crippen molar-refractivity contribution in [1.82, 2.24) is 20.9 Å². The van der Waals surface area contributed by atoms with E-state index in [0.29, 0.717) is 0 Å². The van der Waals surface area contributed by atoms with Gasteiger partial charge in [0.1, 0.15) is 0 Å². The highest BCUT2D eigenvalue weighted by atomic mass is 15.8. The van der Waals surface area contributed by atoms with Gasteiger partial charge >= 0.3 is 0 Å². The lowest BCUT2D eigenvalue weighted by molar-refractivity contribution is -0.0620. The van der Waals surface area contributed by atoms with Gasteiger partial charge in [0.05, 0.1) is 0 Å². The molecule has 4 nitrogen and oxygen atoms in total. The molecule has 0 aliphatic heterocycles. The van der Waals surface area contributed by atoms with E-state index in [1.165, 1.54) is 6.42 Å². The van der Waals surface area contributed by atoms with Crippen molar-refractivity contribution < 1.29 is 0 Å². The minimum Gasteiger partial charge on any atom is -0.320 e. The normalized spacial score (nSPS) is 11.6. The fourth-order valence-electron chi connectivity index (χ4n) is 1.47. The molecule has 0 unspecified atom stereocenters. The number of nitrogens with zero attached hydrogens (tertiary/aromatic N) is 2. The fourth-order valence-corrected chi connectivity index (χ4v) is 1.47. The van der Waals surface area contributed by atoms with Crippen LogP contribution < -0.4 is 10.7 Å². The summed E-state index contributed by atoms with van der Waals surface area (Å²) in [7, 11) is 2.00. The molecule has 0 aliphatic rings. The highest BCUT2D eigenvalue weighted by molar-refractivity contribution is 4.52. The maximum absolute atomic E-state index is 3.37. The van der Waals surface area contributed by atoms with Crippen molar-refractivity contribution in [3.05, 3.63) is 0 Å². The molecule has 0 radical (unpaired) electrons. The van der Waals surface area contributed by atoms with Crippen molar-refractivity contribution in [2.45, 2.75) is 27.2 Å². The highest BCUT2D eigenvalue weighted by Crippen LogP contribution is 1.95. The summed E-state index contributed by atoms with van der Waals surface area (Å²) in [5.41, 5.74) is 3.37. The topological polar surface area (TPSA) is 30.5 Å². The first-order chi connectivity index (χ1) is 6.79. The van der Waals surface area contributed by atoms with E-state index < -0.39 is 0 Å². The Labute approximate surface area is 88.6 Å². The molecule has 0 aliphatic carbocycles. The number of hydrazine groups is 2. The Morgan fingerprint density at radius 3 is 2.14 bits per heavy atom. The van der Waals surface area contributed by atoms with Crippen LogP contribution in [0.15, 0.2) is 0 Å². The van der Waals surface area contributed by atoms with E-state index in [2.05, 4.69) is 41.6 Å². The number of hydrogen-bond acceptors (Lipinski definition) is 4. The van der Waals surface area contributed by atoms with Crippen LogP contribution in [-0.2, 0) is 0 Å². The van der Waals surface area contributed by atoms with Gasteiger partial charge in [-0.1, -0.05) is 20.8 Å². The van der Waals surface area contributed by atoms with Crippen LogP contribution in [-0.4, -0.2) is 49.9 Å². The lowest BCUT2D eigenvalue weighted by Gasteiger charge is -2.33. The average molecular weight is 202 g/mol. The lowest BCUT2D eigenvalue weighted by Crippen LogP contribution is -2.51. The van der Waals surface area contributed by atoms with Crippen LogP contribution in [0.2, 0.25) is 0 Å². The van der Waals surface area contributed by atoms with Crippen LogP contribution in [0.1, 0.15) is 27.2 Å². The van der Waals surface area contributed by atoms with Gasteiger partial charge in [-0.3, -0.25) is 0 Å². The van der Waals surface area contributed by atoms with Crippen LogP contribution in [0.4, 0.5) is 0 Å². The molecular formula is C10H26N4. The van der Waals surface area contributed by atoms with Crippen molar-refractivity contribution in [2.75, 3.05) is 39.8 Å². The summed E-state index contributed by atoms with van der Waals surface area (Å²) < 4.78 is 0. The van der Waals surface area contributed by atoms with Gasteiger partial charge in [0, 0.05) is 26.2 Å². The molecule has 0 atom stereocenters. The SMILES string of the molecule is CCNN(CCCNC)N(CC)CC. The maximum Gasteiger partial charge on any atom is 0.0302 e. The van der Waals surface area contributed by atoms with Crippen LogP contribution in [0.5, 0.6) is 0 Å². The summed E-state index contributed by atoms with van der Waals surface area (Å²) in [5.74, 6) is 0. The Bertz CT molecular complexity index is 115. The highest BCUT2D eigenvalue weighted by Gasteiger charge is 2.09. The number of hydrogen-bond donors (Lipinski definition) is 2. The summed E-state index contributed by atoms with van der Waals surface area (Å²) in [6.07, 6.45) is 1.17. The first-order valence-electron chi connectivity index (χ1n) is 5.70. The fraction of sp³-hybridized carbons (Fsp3) is 1.00. The number of rotatable bonds is 9. The van der Waals surface area contributed by atoms with E-state index in [1.807, 2.05) is 7.05 Å². The monoisotopic (exact) mass is 202 g/mol. The second kappa shape index (κ2) is 9.40. The van der Waals surface area contributed by atoms with Gasteiger partial charge < -0.3 is 5.32 Å². The third-order valence-corrected chi connectivity index (χ3v) is 2.21. The smallest absolute Gasteiger partial charge is 0.0302 e. The largest absolute Gasteiger partial charge is 0.320 e. The summed E-state index contributed by atoms with van der Waals surface area (Å²) in [4.78, 5) is 0. The van der Waals surface area contributed by atoms with E-state index in [1.54, 1.807) is 0 Å². The van der Waals surface area contributed by atoms with Crippen LogP contribution >= 0.6 is 0 Å². The summed E-state index contributed by atoms with van der Waals surface area (Å²) >= 11 is 0. The average Bonchev–Trinajstić information content (AvgIpc) is 2.20. The molecule has 0 aromatic carbocycles. The predicted molar refractivity (Wildman–Crippen MR) is 61.8 cm³/mol. The van der Waals surface area contributed by atoms with Crippen molar-refractivity contribution >= 4 is 0 Å². The number of nitrogens with one attached hydrogen (secondary N) is 2. The van der Waals surface area contributed by atoms with Gasteiger partial charge in [0.15, 0.2) is 0 Å². The molecule has 0 amide bonds. The van der Waals surface area contributed by atoms with Gasteiger partial charge in [0.2, 0.25) is 0 Å². The quantitative estimate of drug-likeness (QED) is 0.425. The third kappa shape index (κ3) is 5.54. The zero-order valence-corrected chi connectivity index (χ0v) is 10.1. The van der Waals surface area contributed by atoms with Crippen LogP contribution in [0.3, 0.4) is 0 Å². The molecule has 0 saturated carbocycles. The van der Waals surface area contributed by atoms with Crippen molar-refractivity contribution in [1.29, 1.82) is 0 Å². The summed E-state index contributed by atoms with van der Waals surface area (Å²) in [6.45, 7) is 11.7. The minimum absolute atomic E-state index is 0.982. The Balaban J connectivity index is 3.85. The van der Waals surface area contributed by atoms with Crippen molar-refractivity contribution in [3.63, 3.8) is 0 Å². The molecule has 14 heavy (non-hydrogen) atoms. The van der Waals surface area contributed by atoms with E-state index in [0.717, 1.165) is 32.7 Å².